The van der Waals surface area contributed by atoms with Gasteiger partial charge in [0.2, 0.25) is 0 Å². The second-order valence-corrected chi connectivity index (χ2v) is 3.15. The van der Waals surface area contributed by atoms with Crippen molar-refractivity contribution < 1.29 is 0 Å². The van der Waals surface area contributed by atoms with E-state index in [1.54, 1.807) is 0 Å². The topological polar surface area (TPSA) is 28.7 Å². The third-order valence-corrected chi connectivity index (χ3v) is 1.79. The van der Waals surface area contributed by atoms with E-state index in [0.29, 0.717) is 5.21 Å². The van der Waals surface area contributed by atoms with Gasteiger partial charge in [-0.2, -0.15) is 0 Å². The summed E-state index contributed by atoms with van der Waals surface area (Å²) in [5, 5.41) is 1.44. The summed E-state index contributed by atoms with van der Waals surface area (Å²) >= 11 is 6.94. The van der Waals surface area contributed by atoms with Gasteiger partial charge in [0.05, 0.1) is 10.9 Å². The van der Waals surface area contributed by atoms with Gasteiger partial charge in [0.25, 0.3) is 0 Å². The van der Waals surface area contributed by atoms with Crippen molar-refractivity contribution in [1.29, 1.82) is 0 Å². The number of hydrogen-bond donors (Lipinski definition) is 1. The van der Waals surface area contributed by atoms with Gasteiger partial charge in [0, 0.05) is 6.20 Å². The molecule has 0 aliphatic carbocycles. The van der Waals surface area contributed by atoms with Gasteiger partial charge in [0.1, 0.15) is 0 Å². The number of hydrogen-bond acceptors (Lipinski definition) is 2. The average molecular weight is 163 g/mol. The van der Waals surface area contributed by atoms with Crippen molar-refractivity contribution in [2.75, 3.05) is 5.21 Å². The molecule has 1 rings (SSSR count). The summed E-state index contributed by atoms with van der Waals surface area (Å²) < 4.78 is 0. The standard InChI is InChI=1S/C5H7ClN2S/c1-4-2-7-5(8-4)9-3-6/h2H,3H2,1H3,(H,7,8). The van der Waals surface area contributed by atoms with Crippen molar-refractivity contribution in [3.05, 3.63) is 11.9 Å². The number of H-pyrrole nitrogens is 1. The third kappa shape index (κ3) is 1.91. The summed E-state index contributed by atoms with van der Waals surface area (Å²) in [6.07, 6.45) is 1.86. The SMILES string of the molecule is Cc1c[nH]c(SCCl)n1. The first-order chi connectivity index (χ1) is 4.33. The smallest absolute Gasteiger partial charge is 0.166 e. The number of thioether (sulfide) groups is 1. The molecule has 1 aromatic rings. The minimum atomic E-state index is 0.549. The van der Waals surface area contributed by atoms with Crippen molar-refractivity contribution in [2.24, 2.45) is 0 Å². The Kier molecular flexibility index (Phi) is 2.42. The Morgan fingerprint density at radius 1 is 1.89 bits per heavy atom. The molecule has 0 fully saturated rings. The molecule has 1 aromatic heterocycles. The first kappa shape index (κ1) is 6.96. The number of aromatic amines is 1. The van der Waals surface area contributed by atoms with Crippen molar-refractivity contribution in [1.82, 2.24) is 9.97 Å². The maximum atomic E-state index is 5.45. The molecule has 0 aromatic carbocycles. The molecular weight excluding hydrogens is 156 g/mol. The summed E-state index contributed by atoms with van der Waals surface area (Å²) in [5.41, 5.74) is 1.00. The van der Waals surface area contributed by atoms with E-state index in [1.165, 1.54) is 11.8 Å². The molecule has 0 amide bonds. The zero-order chi connectivity index (χ0) is 6.69. The quantitative estimate of drug-likeness (QED) is 0.533. The van der Waals surface area contributed by atoms with Crippen LogP contribution >= 0.6 is 23.4 Å². The molecule has 0 aliphatic heterocycles. The van der Waals surface area contributed by atoms with E-state index in [0.717, 1.165) is 10.9 Å². The summed E-state index contributed by atoms with van der Waals surface area (Å²) in [5.74, 6) is 0. The van der Waals surface area contributed by atoms with Crippen LogP contribution in [0, 0.1) is 6.92 Å². The zero-order valence-corrected chi connectivity index (χ0v) is 6.59. The first-order valence-corrected chi connectivity index (χ1v) is 4.05. The molecule has 9 heavy (non-hydrogen) atoms. The van der Waals surface area contributed by atoms with E-state index >= 15 is 0 Å². The predicted molar refractivity (Wildman–Crippen MR) is 39.9 cm³/mol. The maximum absolute atomic E-state index is 5.45. The molecule has 0 saturated heterocycles. The predicted octanol–water partition coefficient (Wildman–Crippen LogP) is 2.01. The first-order valence-electron chi connectivity index (χ1n) is 2.53. The van der Waals surface area contributed by atoms with Gasteiger partial charge in [-0.05, 0) is 6.92 Å². The highest BCUT2D eigenvalue weighted by molar-refractivity contribution is 8.00. The number of rotatable bonds is 2. The summed E-state index contributed by atoms with van der Waals surface area (Å²) in [7, 11) is 0. The number of nitrogens with zero attached hydrogens (tertiary/aromatic N) is 1. The van der Waals surface area contributed by atoms with Crippen LogP contribution < -0.4 is 0 Å². The fraction of sp³-hybridized carbons (Fsp3) is 0.400. The van der Waals surface area contributed by atoms with Crippen LogP contribution in [0.1, 0.15) is 5.69 Å². The van der Waals surface area contributed by atoms with Gasteiger partial charge < -0.3 is 4.98 Å². The maximum Gasteiger partial charge on any atom is 0.166 e. The van der Waals surface area contributed by atoms with Crippen molar-refractivity contribution in [2.45, 2.75) is 12.1 Å². The number of aryl methyl sites for hydroxylation is 1. The van der Waals surface area contributed by atoms with Gasteiger partial charge >= 0.3 is 0 Å². The van der Waals surface area contributed by atoms with E-state index in [-0.39, 0.29) is 0 Å². The number of nitrogens with one attached hydrogen (secondary N) is 1. The number of halogens is 1. The van der Waals surface area contributed by atoms with Crippen LogP contribution in [0.5, 0.6) is 0 Å². The monoisotopic (exact) mass is 162 g/mol. The molecule has 4 heteroatoms. The third-order valence-electron chi connectivity index (χ3n) is 0.874. The molecule has 0 radical (unpaired) electrons. The van der Waals surface area contributed by atoms with Gasteiger partial charge in [-0.25, -0.2) is 4.98 Å². The van der Waals surface area contributed by atoms with Gasteiger partial charge in [0.15, 0.2) is 5.16 Å². The van der Waals surface area contributed by atoms with Crippen LogP contribution in [0.15, 0.2) is 11.4 Å². The number of alkyl halides is 1. The molecule has 0 aliphatic rings. The largest absolute Gasteiger partial charge is 0.339 e. The normalized spacial score (nSPS) is 10.0. The summed E-state index contributed by atoms with van der Waals surface area (Å²) in [6.45, 7) is 1.94. The lowest BCUT2D eigenvalue weighted by atomic mass is 10.6. The van der Waals surface area contributed by atoms with E-state index in [1.807, 2.05) is 13.1 Å². The average Bonchev–Trinajstić information content (AvgIpc) is 2.17. The molecule has 2 nitrogen and oxygen atoms in total. The molecule has 1 N–H and O–H groups in total. The molecule has 0 saturated carbocycles. The van der Waals surface area contributed by atoms with Crippen LogP contribution in [0.25, 0.3) is 0 Å². The Morgan fingerprint density at radius 3 is 3.11 bits per heavy atom. The lowest BCUT2D eigenvalue weighted by molar-refractivity contribution is 1.05. The summed E-state index contributed by atoms with van der Waals surface area (Å²) in [6, 6.07) is 0. The molecular formula is C5H7ClN2S. The highest BCUT2D eigenvalue weighted by Crippen LogP contribution is 2.13. The Labute approximate surface area is 63.0 Å². The van der Waals surface area contributed by atoms with Crippen LogP contribution in [-0.4, -0.2) is 15.2 Å². The van der Waals surface area contributed by atoms with Crippen LogP contribution in [0.4, 0.5) is 0 Å². The number of aromatic nitrogens is 2. The summed E-state index contributed by atoms with van der Waals surface area (Å²) in [4.78, 5) is 7.10. The molecule has 50 valence electrons. The fourth-order valence-corrected chi connectivity index (χ4v) is 1.28. The minimum Gasteiger partial charge on any atom is -0.339 e. The molecule has 0 spiro atoms. The Morgan fingerprint density at radius 2 is 2.67 bits per heavy atom. The molecule has 0 atom stereocenters. The van der Waals surface area contributed by atoms with E-state index < -0.39 is 0 Å². The molecule has 0 unspecified atom stereocenters. The van der Waals surface area contributed by atoms with Crippen molar-refractivity contribution in [3.63, 3.8) is 0 Å². The van der Waals surface area contributed by atoms with Gasteiger partial charge in [-0.15, -0.1) is 11.6 Å². The number of imidazole rings is 1. The second kappa shape index (κ2) is 3.13. The molecule has 1 heterocycles. The second-order valence-electron chi connectivity index (χ2n) is 1.60. The van der Waals surface area contributed by atoms with Crippen LogP contribution in [-0.2, 0) is 0 Å². The Balaban J connectivity index is 2.61. The van der Waals surface area contributed by atoms with Gasteiger partial charge in [-0.1, -0.05) is 11.8 Å². The van der Waals surface area contributed by atoms with Gasteiger partial charge in [-0.3, -0.25) is 0 Å². The highest BCUT2D eigenvalue weighted by atomic mass is 35.5. The van der Waals surface area contributed by atoms with E-state index in [9.17, 15) is 0 Å². The lowest BCUT2D eigenvalue weighted by Gasteiger charge is -1.85. The molecule has 0 bridgehead atoms. The van der Waals surface area contributed by atoms with Crippen LogP contribution in [0.2, 0.25) is 0 Å². The zero-order valence-electron chi connectivity index (χ0n) is 5.02. The highest BCUT2D eigenvalue weighted by Gasteiger charge is 1.94. The van der Waals surface area contributed by atoms with E-state index in [2.05, 4.69) is 9.97 Å². The van der Waals surface area contributed by atoms with Crippen LogP contribution in [0.3, 0.4) is 0 Å². The Hall–Kier alpha value is -0.150. The minimum absolute atomic E-state index is 0.549. The van der Waals surface area contributed by atoms with Crippen molar-refractivity contribution in [3.8, 4) is 0 Å². The lowest BCUT2D eigenvalue weighted by Crippen LogP contribution is -1.72. The fourth-order valence-electron chi connectivity index (χ4n) is 0.517. The Bertz CT molecular complexity index is 187. The van der Waals surface area contributed by atoms with Crippen molar-refractivity contribution >= 4 is 23.4 Å². The van der Waals surface area contributed by atoms with E-state index in [4.69, 9.17) is 11.6 Å².